The summed E-state index contributed by atoms with van der Waals surface area (Å²) in [6, 6.07) is 9.75. The Labute approximate surface area is 109 Å². The van der Waals surface area contributed by atoms with Gasteiger partial charge >= 0.3 is 0 Å². The molecule has 3 heteroatoms. The second-order valence-corrected chi connectivity index (χ2v) is 4.86. The normalized spacial score (nSPS) is 16.9. The van der Waals surface area contributed by atoms with Crippen LogP contribution in [0.25, 0.3) is 0 Å². The molecule has 1 aromatic carbocycles. The Kier molecular flexibility index (Phi) is 4.76. The largest absolute Gasteiger partial charge is 0.369 e. The van der Waals surface area contributed by atoms with Gasteiger partial charge in [-0.2, -0.15) is 0 Å². The highest BCUT2D eigenvalue weighted by molar-refractivity contribution is 5.92. The standard InChI is InChI=1S/C15H21N2O/c16-15(18)14(13-7-3-1-4-8-13)9-12-17-10-5-2-6-11-17/h1,3-4,7-8H,2,5-6,9-12H2,(H2,16,18). The molecule has 0 saturated carbocycles. The van der Waals surface area contributed by atoms with E-state index in [0.29, 0.717) is 0 Å². The van der Waals surface area contributed by atoms with Gasteiger partial charge in [0, 0.05) is 0 Å². The monoisotopic (exact) mass is 245 g/mol. The summed E-state index contributed by atoms with van der Waals surface area (Å²) >= 11 is 0. The maximum absolute atomic E-state index is 11.5. The molecule has 0 atom stereocenters. The lowest BCUT2D eigenvalue weighted by Gasteiger charge is -2.27. The number of nitrogens with zero attached hydrogens (tertiary/aromatic N) is 1. The molecule has 1 radical (unpaired) electrons. The van der Waals surface area contributed by atoms with Crippen molar-refractivity contribution in [3.8, 4) is 0 Å². The fourth-order valence-electron chi connectivity index (χ4n) is 2.50. The van der Waals surface area contributed by atoms with E-state index in [0.717, 1.165) is 37.5 Å². The lowest BCUT2D eigenvalue weighted by molar-refractivity contribution is -0.116. The molecular formula is C15H21N2O. The highest BCUT2D eigenvalue weighted by Crippen LogP contribution is 2.19. The molecule has 0 aliphatic carbocycles. The van der Waals surface area contributed by atoms with Crippen molar-refractivity contribution in [3.63, 3.8) is 0 Å². The second-order valence-electron chi connectivity index (χ2n) is 4.86. The van der Waals surface area contributed by atoms with Gasteiger partial charge in [0.25, 0.3) is 0 Å². The Bertz CT molecular complexity index is 371. The highest BCUT2D eigenvalue weighted by atomic mass is 16.1. The lowest BCUT2D eigenvalue weighted by atomic mass is 9.94. The quantitative estimate of drug-likeness (QED) is 0.862. The van der Waals surface area contributed by atoms with Gasteiger partial charge in [-0.1, -0.05) is 36.8 Å². The Balaban J connectivity index is 1.92. The van der Waals surface area contributed by atoms with E-state index in [1.807, 2.05) is 30.3 Å². The minimum Gasteiger partial charge on any atom is -0.369 e. The fourth-order valence-corrected chi connectivity index (χ4v) is 2.50. The van der Waals surface area contributed by atoms with Crippen LogP contribution in [0.5, 0.6) is 0 Å². The number of hydrogen-bond donors (Lipinski definition) is 1. The van der Waals surface area contributed by atoms with Crippen molar-refractivity contribution in [2.24, 2.45) is 5.73 Å². The van der Waals surface area contributed by atoms with Gasteiger partial charge in [0.05, 0.1) is 5.92 Å². The first-order chi connectivity index (χ1) is 8.77. The van der Waals surface area contributed by atoms with Gasteiger partial charge in [0.15, 0.2) is 0 Å². The van der Waals surface area contributed by atoms with Crippen molar-refractivity contribution in [1.29, 1.82) is 0 Å². The van der Waals surface area contributed by atoms with Crippen molar-refractivity contribution in [2.45, 2.75) is 25.7 Å². The van der Waals surface area contributed by atoms with Gasteiger partial charge in [-0.15, -0.1) is 0 Å². The summed E-state index contributed by atoms with van der Waals surface area (Å²) in [5, 5.41) is 0. The van der Waals surface area contributed by atoms with Crippen molar-refractivity contribution >= 4 is 5.91 Å². The fraction of sp³-hybridized carbons (Fsp3) is 0.467. The molecule has 1 aromatic rings. The molecule has 97 valence electrons. The number of hydrogen-bond acceptors (Lipinski definition) is 2. The van der Waals surface area contributed by atoms with Gasteiger partial charge in [0.1, 0.15) is 0 Å². The molecule has 1 amide bonds. The molecule has 2 rings (SSSR count). The first-order valence-electron chi connectivity index (χ1n) is 6.71. The van der Waals surface area contributed by atoms with Crippen LogP contribution in [-0.4, -0.2) is 30.4 Å². The van der Waals surface area contributed by atoms with E-state index in [4.69, 9.17) is 5.73 Å². The molecule has 18 heavy (non-hydrogen) atoms. The van der Waals surface area contributed by atoms with E-state index < -0.39 is 0 Å². The van der Waals surface area contributed by atoms with E-state index in [-0.39, 0.29) is 5.91 Å². The van der Waals surface area contributed by atoms with Crippen molar-refractivity contribution in [1.82, 2.24) is 4.90 Å². The molecule has 3 nitrogen and oxygen atoms in total. The molecule has 1 aliphatic heterocycles. The lowest BCUT2D eigenvalue weighted by Crippen LogP contribution is -2.33. The zero-order valence-corrected chi connectivity index (χ0v) is 10.8. The first-order valence-corrected chi connectivity index (χ1v) is 6.71. The zero-order valence-electron chi connectivity index (χ0n) is 10.8. The summed E-state index contributed by atoms with van der Waals surface area (Å²) in [5.74, 6) is 0.458. The van der Waals surface area contributed by atoms with Crippen molar-refractivity contribution < 1.29 is 4.79 Å². The van der Waals surface area contributed by atoms with E-state index in [9.17, 15) is 4.79 Å². The molecule has 1 heterocycles. The van der Waals surface area contributed by atoms with E-state index >= 15 is 0 Å². The number of nitrogens with two attached hydrogens (primary N) is 1. The van der Waals surface area contributed by atoms with Gasteiger partial charge < -0.3 is 10.6 Å². The molecule has 1 saturated heterocycles. The van der Waals surface area contributed by atoms with Crippen LogP contribution in [0, 0.1) is 5.92 Å². The summed E-state index contributed by atoms with van der Waals surface area (Å²) < 4.78 is 0. The van der Waals surface area contributed by atoms with E-state index in [1.54, 1.807) is 0 Å². The van der Waals surface area contributed by atoms with Gasteiger partial charge in [-0.25, -0.2) is 0 Å². The van der Waals surface area contributed by atoms with E-state index in [1.165, 1.54) is 19.3 Å². The summed E-state index contributed by atoms with van der Waals surface area (Å²) in [6.07, 6.45) is 4.63. The van der Waals surface area contributed by atoms with Crippen LogP contribution < -0.4 is 5.73 Å². The average Bonchev–Trinajstić information content (AvgIpc) is 2.41. The molecule has 1 aliphatic rings. The number of carbonyl (C=O) groups is 1. The maximum atomic E-state index is 11.5. The number of primary amides is 1. The van der Waals surface area contributed by atoms with Gasteiger partial charge in [0.2, 0.25) is 5.91 Å². The van der Waals surface area contributed by atoms with Crippen LogP contribution in [0.4, 0.5) is 0 Å². The summed E-state index contributed by atoms with van der Waals surface area (Å²) in [5.41, 5.74) is 6.45. The Hall–Kier alpha value is -1.35. The summed E-state index contributed by atoms with van der Waals surface area (Å²) in [4.78, 5) is 14.0. The predicted octanol–water partition coefficient (Wildman–Crippen LogP) is 1.97. The first kappa shape index (κ1) is 13.1. The molecule has 0 aromatic heterocycles. The van der Waals surface area contributed by atoms with Crippen molar-refractivity contribution in [2.75, 3.05) is 19.6 Å². The third kappa shape index (κ3) is 3.57. The SMILES string of the molecule is NC(=O)[C](CCN1CCCCC1)c1ccccc1. The minimum atomic E-state index is -0.293. The minimum absolute atomic E-state index is 0.293. The maximum Gasteiger partial charge on any atom is 0.229 e. The third-order valence-corrected chi connectivity index (χ3v) is 3.55. The molecular weight excluding hydrogens is 224 g/mol. The predicted molar refractivity (Wildman–Crippen MR) is 72.9 cm³/mol. The van der Waals surface area contributed by atoms with Crippen molar-refractivity contribution in [3.05, 3.63) is 41.8 Å². The third-order valence-electron chi connectivity index (χ3n) is 3.55. The molecule has 0 spiro atoms. The van der Waals surface area contributed by atoms with Crippen LogP contribution in [0.1, 0.15) is 31.2 Å². The molecule has 2 N–H and O–H groups in total. The Morgan fingerprint density at radius 3 is 2.39 bits per heavy atom. The van der Waals surface area contributed by atoms with E-state index in [2.05, 4.69) is 4.90 Å². The highest BCUT2D eigenvalue weighted by Gasteiger charge is 2.20. The average molecular weight is 245 g/mol. The smallest absolute Gasteiger partial charge is 0.229 e. The number of amides is 1. The molecule has 0 bridgehead atoms. The number of carbonyl (C=O) groups excluding carboxylic acids is 1. The number of piperidine rings is 1. The van der Waals surface area contributed by atoms with Gasteiger partial charge in [-0.05, 0) is 44.5 Å². The Morgan fingerprint density at radius 1 is 1.11 bits per heavy atom. The van der Waals surface area contributed by atoms with Crippen LogP contribution in [0.3, 0.4) is 0 Å². The number of rotatable bonds is 5. The summed E-state index contributed by atoms with van der Waals surface area (Å²) in [6.45, 7) is 3.24. The number of likely N-dealkylation sites (tertiary alicyclic amines) is 1. The molecule has 0 unspecified atom stereocenters. The van der Waals surface area contributed by atoms with Crippen LogP contribution in [0.15, 0.2) is 30.3 Å². The number of benzene rings is 1. The topological polar surface area (TPSA) is 46.3 Å². The van der Waals surface area contributed by atoms with Crippen LogP contribution in [-0.2, 0) is 4.79 Å². The zero-order chi connectivity index (χ0) is 12.8. The second kappa shape index (κ2) is 6.55. The molecule has 1 fully saturated rings. The van der Waals surface area contributed by atoms with Crippen LogP contribution in [0.2, 0.25) is 0 Å². The summed E-state index contributed by atoms with van der Waals surface area (Å²) in [7, 11) is 0. The van der Waals surface area contributed by atoms with Gasteiger partial charge in [-0.3, -0.25) is 4.79 Å². The Morgan fingerprint density at radius 2 is 1.78 bits per heavy atom. The van der Waals surface area contributed by atoms with Crippen LogP contribution >= 0.6 is 0 Å².